The second-order valence-electron chi connectivity index (χ2n) is 4.55. The van der Waals surface area contributed by atoms with E-state index < -0.39 is 5.60 Å². The van der Waals surface area contributed by atoms with Crippen molar-refractivity contribution in [2.45, 2.75) is 38.2 Å². The zero-order chi connectivity index (χ0) is 10.9. The van der Waals surface area contributed by atoms with Gasteiger partial charge in [0.05, 0.1) is 5.60 Å². The fourth-order valence-corrected chi connectivity index (χ4v) is 3.17. The molecular weight excluding hydrogens is 252 g/mol. The number of hydrogen-bond acceptors (Lipinski definition) is 1. The van der Waals surface area contributed by atoms with Gasteiger partial charge in [0, 0.05) is 4.47 Å². The van der Waals surface area contributed by atoms with Gasteiger partial charge in [-0.05, 0) is 30.4 Å². The van der Waals surface area contributed by atoms with E-state index in [1.54, 1.807) is 0 Å². The van der Waals surface area contributed by atoms with Crippen molar-refractivity contribution in [3.63, 3.8) is 0 Å². The van der Waals surface area contributed by atoms with E-state index in [0.29, 0.717) is 5.92 Å². The first-order chi connectivity index (χ1) is 7.14. The van der Waals surface area contributed by atoms with Crippen LogP contribution in [0.3, 0.4) is 0 Å². The number of halogens is 1. The summed E-state index contributed by atoms with van der Waals surface area (Å²) in [5.41, 5.74) is 0.426. The van der Waals surface area contributed by atoms with Crippen LogP contribution >= 0.6 is 15.9 Å². The molecule has 0 unspecified atom stereocenters. The second kappa shape index (κ2) is 4.26. The molecule has 0 aliphatic heterocycles. The van der Waals surface area contributed by atoms with Crippen molar-refractivity contribution >= 4 is 15.9 Å². The minimum absolute atomic E-state index is 0.352. The molecule has 15 heavy (non-hydrogen) atoms. The molecule has 2 heteroatoms. The fraction of sp³-hybridized carbons (Fsp3) is 0.538. The Morgan fingerprint density at radius 3 is 2.73 bits per heavy atom. The van der Waals surface area contributed by atoms with Crippen LogP contribution < -0.4 is 0 Å². The number of rotatable bonds is 1. The Labute approximate surface area is 99.6 Å². The Morgan fingerprint density at radius 1 is 1.33 bits per heavy atom. The molecule has 0 aromatic heterocycles. The largest absolute Gasteiger partial charge is 0.385 e. The van der Waals surface area contributed by atoms with Crippen molar-refractivity contribution in [1.82, 2.24) is 0 Å². The molecule has 0 spiro atoms. The van der Waals surface area contributed by atoms with Crippen LogP contribution in [-0.4, -0.2) is 5.11 Å². The maximum Gasteiger partial charge on any atom is 0.0932 e. The molecule has 0 bridgehead atoms. The third kappa shape index (κ3) is 1.98. The van der Waals surface area contributed by atoms with Gasteiger partial charge in [-0.1, -0.05) is 53.9 Å². The quantitative estimate of drug-likeness (QED) is 0.821. The normalized spacial score (nSPS) is 31.5. The molecule has 0 amide bonds. The Hall–Kier alpha value is -0.340. The number of benzene rings is 1. The van der Waals surface area contributed by atoms with Crippen molar-refractivity contribution in [2.75, 3.05) is 0 Å². The van der Waals surface area contributed by atoms with Crippen molar-refractivity contribution < 1.29 is 5.11 Å². The van der Waals surface area contributed by atoms with Crippen molar-refractivity contribution in [3.05, 3.63) is 34.3 Å². The molecule has 1 aromatic rings. The lowest BCUT2D eigenvalue weighted by Gasteiger charge is -2.39. The molecule has 1 saturated carbocycles. The zero-order valence-electron chi connectivity index (χ0n) is 9.04. The average Bonchev–Trinajstić information content (AvgIpc) is 2.23. The standard InChI is InChI=1S/C13H17BrO/c1-10-6-4-5-9-13(10,15)11-7-2-3-8-12(11)14/h2-3,7-8,10,15H,4-6,9H2,1H3/t10-,13-/m0/s1. The Kier molecular flexibility index (Phi) is 3.17. The minimum atomic E-state index is -0.627. The van der Waals surface area contributed by atoms with E-state index in [0.717, 1.165) is 29.3 Å². The van der Waals surface area contributed by atoms with Crippen LogP contribution in [0.2, 0.25) is 0 Å². The van der Waals surface area contributed by atoms with Crippen LogP contribution in [0.1, 0.15) is 38.2 Å². The molecule has 2 atom stereocenters. The van der Waals surface area contributed by atoms with Gasteiger partial charge in [-0.15, -0.1) is 0 Å². The molecule has 1 N–H and O–H groups in total. The summed E-state index contributed by atoms with van der Waals surface area (Å²) in [5, 5.41) is 10.8. The first-order valence-electron chi connectivity index (χ1n) is 5.62. The Bertz CT molecular complexity index is 350. The predicted molar refractivity (Wildman–Crippen MR) is 65.7 cm³/mol. The second-order valence-corrected chi connectivity index (χ2v) is 5.41. The summed E-state index contributed by atoms with van der Waals surface area (Å²) in [6.07, 6.45) is 4.38. The molecular formula is C13H17BrO. The Balaban J connectivity index is 2.39. The van der Waals surface area contributed by atoms with Crippen LogP contribution in [-0.2, 0) is 5.60 Å². The van der Waals surface area contributed by atoms with Gasteiger partial charge in [0.2, 0.25) is 0 Å². The smallest absolute Gasteiger partial charge is 0.0932 e. The van der Waals surface area contributed by atoms with E-state index in [1.807, 2.05) is 24.3 Å². The summed E-state index contributed by atoms with van der Waals surface area (Å²) in [7, 11) is 0. The molecule has 1 aromatic carbocycles. The summed E-state index contributed by atoms with van der Waals surface area (Å²) in [4.78, 5) is 0. The van der Waals surface area contributed by atoms with Gasteiger partial charge in [-0.25, -0.2) is 0 Å². The summed E-state index contributed by atoms with van der Waals surface area (Å²) in [6.45, 7) is 2.15. The monoisotopic (exact) mass is 268 g/mol. The van der Waals surface area contributed by atoms with Gasteiger partial charge in [0.25, 0.3) is 0 Å². The lowest BCUT2D eigenvalue weighted by Crippen LogP contribution is -2.36. The van der Waals surface area contributed by atoms with Crippen molar-refractivity contribution in [3.8, 4) is 0 Å². The summed E-state index contributed by atoms with van der Waals surface area (Å²) < 4.78 is 1.03. The van der Waals surface area contributed by atoms with Crippen LogP contribution in [0.4, 0.5) is 0 Å². The molecule has 1 aliphatic carbocycles. The first kappa shape index (κ1) is 11.2. The van der Waals surface area contributed by atoms with E-state index in [-0.39, 0.29) is 0 Å². The van der Waals surface area contributed by atoms with Gasteiger partial charge in [-0.3, -0.25) is 0 Å². The van der Waals surface area contributed by atoms with Gasteiger partial charge in [0.1, 0.15) is 0 Å². The van der Waals surface area contributed by atoms with Crippen LogP contribution in [0, 0.1) is 5.92 Å². The highest BCUT2D eigenvalue weighted by Crippen LogP contribution is 2.43. The Morgan fingerprint density at radius 2 is 2.07 bits per heavy atom. The topological polar surface area (TPSA) is 20.2 Å². The minimum Gasteiger partial charge on any atom is -0.385 e. The van der Waals surface area contributed by atoms with E-state index >= 15 is 0 Å². The molecule has 0 radical (unpaired) electrons. The molecule has 0 heterocycles. The third-order valence-electron chi connectivity index (χ3n) is 3.60. The number of aliphatic hydroxyl groups is 1. The average molecular weight is 269 g/mol. The highest BCUT2D eigenvalue weighted by atomic mass is 79.9. The molecule has 0 saturated heterocycles. The molecule has 1 nitrogen and oxygen atoms in total. The molecule has 1 fully saturated rings. The SMILES string of the molecule is C[C@H]1CCCC[C@@]1(O)c1ccccc1Br. The summed E-state index contributed by atoms with van der Waals surface area (Å²) in [5.74, 6) is 0.352. The molecule has 2 rings (SSSR count). The summed E-state index contributed by atoms with van der Waals surface area (Å²) >= 11 is 3.53. The first-order valence-corrected chi connectivity index (χ1v) is 6.41. The predicted octanol–water partition coefficient (Wildman–Crippen LogP) is 3.85. The maximum atomic E-state index is 10.8. The van der Waals surface area contributed by atoms with Crippen LogP contribution in [0.15, 0.2) is 28.7 Å². The summed E-state index contributed by atoms with van der Waals surface area (Å²) in [6, 6.07) is 8.03. The van der Waals surface area contributed by atoms with Gasteiger partial charge in [-0.2, -0.15) is 0 Å². The van der Waals surface area contributed by atoms with Crippen molar-refractivity contribution in [1.29, 1.82) is 0 Å². The fourth-order valence-electron chi connectivity index (χ4n) is 2.54. The van der Waals surface area contributed by atoms with E-state index in [2.05, 4.69) is 22.9 Å². The van der Waals surface area contributed by atoms with Gasteiger partial charge >= 0.3 is 0 Å². The van der Waals surface area contributed by atoms with Gasteiger partial charge < -0.3 is 5.11 Å². The highest BCUT2D eigenvalue weighted by molar-refractivity contribution is 9.10. The van der Waals surface area contributed by atoms with E-state index in [4.69, 9.17) is 0 Å². The molecule has 1 aliphatic rings. The van der Waals surface area contributed by atoms with E-state index in [1.165, 1.54) is 6.42 Å². The van der Waals surface area contributed by atoms with Gasteiger partial charge in [0.15, 0.2) is 0 Å². The lowest BCUT2D eigenvalue weighted by atomic mass is 9.72. The highest BCUT2D eigenvalue weighted by Gasteiger charge is 2.38. The maximum absolute atomic E-state index is 10.8. The van der Waals surface area contributed by atoms with E-state index in [9.17, 15) is 5.11 Å². The van der Waals surface area contributed by atoms with Crippen LogP contribution in [0.5, 0.6) is 0 Å². The lowest BCUT2D eigenvalue weighted by molar-refractivity contribution is -0.0475. The zero-order valence-corrected chi connectivity index (χ0v) is 10.6. The third-order valence-corrected chi connectivity index (χ3v) is 4.29. The van der Waals surface area contributed by atoms with Crippen molar-refractivity contribution in [2.24, 2.45) is 5.92 Å². The van der Waals surface area contributed by atoms with Crippen LogP contribution in [0.25, 0.3) is 0 Å². The number of hydrogen-bond donors (Lipinski definition) is 1. The molecule has 82 valence electrons.